The number of rotatable bonds is 4. The maximum Gasteiger partial charge on any atom is 0.134 e. The van der Waals surface area contributed by atoms with Gasteiger partial charge in [0.2, 0.25) is 0 Å². The fraction of sp³-hybridized carbons (Fsp3) is 0.750. The van der Waals surface area contributed by atoms with E-state index in [2.05, 4.69) is 44.6 Å². The van der Waals surface area contributed by atoms with E-state index in [-0.39, 0.29) is 5.54 Å². The number of morpholine rings is 1. The predicted molar refractivity (Wildman–Crippen MR) is 92.0 cm³/mol. The first-order valence-electron chi connectivity index (χ1n) is 8.42. The Bertz CT molecular complexity index is 504. The van der Waals surface area contributed by atoms with Gasteiger partial charge in [-0.3, -0.25) is 4.90 Å². The number of ether oxygens (including phenoxy) is 1. The Morgan fingerprint density at radius 1 is 1.00 bits per heavy atom. The van der Waals surface area contributed by atoms with Gasteiger partial charge in [-0.1, -0.05) is 0 Å². The van der Waals surface area contributed by atoms with E-state index in [0.717, 1.165) is 70.7 Å². The predicted octanol–water partition coefficient (Wildman–Crippen LogP) is 0.173. The zero-order valence-electron chi connectivity index (χ0n) is 14.2. The van der Waals surface area contributed by atoms with Crippen molar-refractivity contribution >= 4 is 11.6 Å². The normalized spacial score (nSPS) is 20.8. The SMILES string of the molecule is CC(C)(N)CN1CCN(c2cc(N3CCOCC3)ncn2)CC1. The highest BCUT2D eigenvalue weighted by molar-refractivity contribution is 5.50. The molecule has 2 aliphatic rings. The molecule has 0 atom stereocenters. The summed E-state index contributed by atoms with van der Waals surface area (Å²) in [4.78, 5) is 15.9. The van der Waals surface area contributed by atoms with Crippen LogP contribution in [0.4, 0.5) is 11.6 Å². The van der Waals surface area contributed by atoms with Gasteiger partial charge in [-0.25, -0.2) is 9.97 Å². The van der Waals surface area contributed by atoms with Crippen LogP contribution in [-0.2, 0) is 4.74 Å². The molecule has 2 fully saturated rings. The van der Waals surface area contributed by atoms with E-state index in [1.165, 1.54) is 0 Å². The molecule has 1 aromatic heterocycles. The van der Waals surface area contributed by atoms with E-state index in [0.29, 0.717) is 0 Å². The lowest BCUT2D eigenvalue weighted by molar-refractivity contribution is 0.122. The molecule has 3 heterocycles. The summed E-state index contributed by atoms with van der Waals surface area (Å²) in [5, 5.41) is 0. The van der Waals surface area contributed by atoms with E-state index in [1.807, 2.05) is 0 Å². The Morgan fingerprint density at radius 3 is 2.13 bits per heavy atom. The van der Waals surface area contributed by atoms with Gasteiger partial charge < -0.3 is 20.3 Å². The van der Waals surface area contributed by atoms with Crippen LogP contribution in [-0.4, -0.2) is 79.4 Å². The van der Waals surface area contributed by atoms with Crippen LogP contribution < -0.4 is 15.5 Å². The lowest BCUT2D eigenvalue weighted by Gasteiger charge is -2.38. The standard InChI is InChI=1S/C16H28N6O/c1-16(2,17)12-20-3-5-21(6-4-20)14-11-15(19-13-18-14)22-7-9-23-10-8-22/h11,13H,3-10,12,17H2,1-2H3. The largest absolute Gasteiger partial charge is 0.378 e. The topological polar surface area (TPSA) is 70.8 Å². The molecule has 0 saturated carbocycles. The second-order valence-corrected chi connectivity index (χ2v) is 7.09. The maximum atomic E-state index is 6.12. The minimum Gasteiger partial charge on any atom is -0.378 e. The van der Waals surface area contributed by atoms with Crippen molar-refractivity contribution in [2.24, 2.45) is 5.73 Å². The van der Waals surface area contributed by atoms with Gasteiger partial charge in [0.1, 0.15) is 18.0 Å². The highest BCUT2D eigenvalue weighted by Crippen LogP contribution is 2.20. The number of hydrogen-bond acceptors (Lipinski definition) is 7. The third-order valence-electron chi connectivity index (χ3n) is 4.30. The summed E-state index contributed by atoms with van der Waals surface area (Å²) in [6.45, 7) is 12.5. The van der Waals surface area contributed by atoms with Gasteiger partial charge in [-0.05, 0) is 13.8 Å². The molecule has 0 bridgehead atoms. The van der Waals surface area contributed by atoms with Gasteiger partial charge in [0.05, 0.1) is 13.2 Å². The Morgan fingerprint density at radius 2 is 1.57 bits per heavy atom. The number of nitrogens with zero attached hydrogens (tertiary/aromatic N) is 5. The zero-order chi connectivity index (χ0) is 16.3. The molecule has 0 radical (unpaired) electrons. The smallest absolute Gasteiger partial charge is 0.134 e. The molecule has 128 valence electrons. The Kier molecular flexibility index (Phi) is 4.99. The summed E-state index contributed by atoms with van der Waals surface area (Å²) in [6, 6.07) is 2.11. The van der Waals surface area contributed by atoms with Gasteiger partial charge in [-0.2, -0.15) is 0 Å². The highest BCUT2D eigenvalue weighted by atomic mass is 16.5. The van der Waals surface area contributed by atoms with Gasteiger partial charge in [0.25, 0.3) is 0 Å². The molecule has 0 aromatic carbocycles. The van der Waals surface area contributed by atoms with Crippen molar-refractivity contribution in [1.82, 2.24) is 14.9 Å². The van der Waals surface area contributed by atoms with E-state index in [1.54, 1.807) is 6.33 Å². The molecule has 2 saturated heterocycles. The average molecular weight is 320 g/mol. The number of hydrogen-bond donors (Lipinski definition) is 1. The first-order chi connectivity index (χ1) is 11.0. The van der Waals surface area contributed by atoms with Crippen LogP contribution in [0, 0.1) is 0 Å². The number of nitrogens with two attached hydrogens (primary N) is 1. The zero-order valence-corrected chi connectivity index (χ0v) is 14.2. The van der Waals surface area contributed by atoms with Gasteiger partial charge in [-0.15, -0.1) is 0 Å². The summed E-state index contributed by atoms with van der Waals surface area (Å²) in [6.07, 6.45) is 1.68. The Hall–Kier alpha value is -1.44. The summed E-state index contributed by atoms with van der Waals surface area (Å²) in [5.41, 5.74) is 5.98. The summed E-state index contributed by atoms with van der Waals surface area (Å²) in [7, 11) is 0. The first-order valence-corrected chi connectivity index (χ1v) is 8.42. The molecule has 7 nitrogen and oxygen atoms in total. The van der Waals surface area contributed by atoms with Crippen LogP contribution in [0.15, 0.2) is 12.4 Å². The van der Waals surface area contributed by atoms with Crippen LogP contribution >= 0.6 is 0 Å². The Labute approximate surface area is 138 Å². The van der Waals surface area contributed by atoms with Crippen LogP contribution in [0.2, 0.25) is 0 Å². The van der Waals surface area contributed by atoms with Crippen LogP contribution in [0.1, 0.15) is 13.8 Å². The molecule has 2 aliphatic heterocycles. The molecule has 2 N–H and O–H groups in total. The summed E-state index contributed by atoms with van der Waals surface area (Å²) < 4.78 is 5.41. The molecule has 0 aliphatic carbocycles. The third kappa shape index (κ3) is 4.53. The fourth-order valence-electron chi connectivity index (χ4n) is 3.19. The summed E-state index contributed by atoms with van der Waals surface area (Å²) in [5.74, 6) is 2.02. The van der Waals surface area contributed by atoms with Crippen LogP contribution in [0.25, 0.3) is 0 Å². The van der Waals surface area contributed by atoms with Crippen LogP contribution in [0.3, 0.4) is 0 Å². The number of aromatic nitrogens is 2. The lowest BCUT2D eigenvalue weighted by atomic mass is 10.1. The van der Waals surface area contributed by atoms with Crippen molar-refractivity contribution in [1.29, 1.82) is 0 Å². The van der Waals surface area contributed by atoms with Crippen molar-refractivity contribution in [3.63, 3.8) is 0 Å². The first kappa shape index (κ1) is 16.4. The highest BCUT2D eigenvalue weighted by Gasteiger charge is 2.23. The molecule has 23 heavy (non-hydrogen) atoms. The van der Waals surface area contributed by atoms with E-state index < -0.39 is 0 Å². The molecule has 0 unspecified atom stereocenters. The van der Waals surface area contributed by atoms with Gasteiger partial charge in [0.15, 0.2) is 0 Å². The fourth-order valence-corrected chi connectivity index (χ4v) is 3.19. The monoisotopic (exact) mass is 320 g/mol. The maximum absolute atomic E-state index is 6.12. The van der Waals surface area contributed by atoms with Gasteiger partial charge in [0, 0.05) is 57.4 Å². The van der Waals surface area contributed by atoms with E-state index in [9.17, 15) is 0 Å². The lowest BCUT2D eigenvalue weighted by Crippen LogP contribution is -2.53. The molecule has 3 rings (SSSR count). The van der Waals surface area contributed by atoms with Crippen molar-refractivity contribution in [3.05, 3.63) is 12.4 Å². The molecule has 0 spiro atoms. The molecular weight excluding hydrogens is 292 g/mol. The minimum absolute atomic E-state index is 0.138. The number of anilines is 2. The van der Waals surface area contributed by atoms with Crippen molar-refractivity contribution in [3.8, 4) is 0 Å². The molecule has 7 heteroatoms. The quantitative estimate of drug-likeness (QED) is 0.848. The van der Waals surface area contributed by atoms with Crippen molar-refractivity contribution in [2.45, 2.75) is 19.4 Å². The second-order valence-electron chi connectivity index (χ2n) is 7.09. The third-order valence-corrected chi connectivity index (χ3v) is 4.30. The molecule has 1 aromatic rings. The van der Waals surface area contributed by atoms with Crippen molar-refractivity contribution in [2.75, 3.05) is 68.8 Å². The van der Waals surface area contributed by atoms with E-state index in [4.69, 9.17) is 10.5 Å². The van der Waals surface area contributed by atoms with Gasteiger partial charge >= 0.3 is 0 Å². The van der Waals surface area contributed by atoms with Crippen LogP contribution in [0.5, 0.6) is 0 Å². The Balaban J connectivity index is 1.60. The van der Waals surface area contributed by atoms with E-state index >= 15 is 0 Å². The second kappa shape index (κ2) is 6.98. The average Bonchev–Trinajstić information content (AvgIpc) is 2.55. The number of piperazine rings is 1. The van der Waals surface area contributed by atoms with Crippen molar-refractivity contribution < 1.29 is 4.74 Å². The molecular formula is C16H28N6O. The summed E-state index contributed by atoms with van der Waals surface area (Å²) >= 11 is 0. The molecule has 0 amide bonds. The minimum atomic E-state index is -0.138.